The lowest BCUT2D eigenvalue weighted by atomic mass is 9.92. The summed E-state index contributed by atoms with van der Waals surface area (Å²) in [6, 6.07) is 12.1. The van der Waals surface area contributed by atoms with Crippen molar-refractivity contribution in [3.05, 3.63) is 64.2 Å². The van der Waals surface area contributed by atoms with Crippen LogP contribution in [-0.4, -0.2) is 86.2 Å². The van der Waals surface area contributed by atoms with Gasteiger partial charge in [-0.15, -0.1) is 0 Å². The van der Waals surface area contributed by atoms with Gasteiger partial charge in [-0.3, -0.25) is 28.8 Å². The van der Waals surface area contributed by atoms with Crippen molar-refractivity contribution >= 4 is 47.4 Å². The van der Waals surface area contributed by atoms with Gasteiger partial charge in [0.15, 0.2) is 30.5 Å². The highest BCUT2D eigenvalue weighted by atomic mass is 35.5. The zero-order chi connectivity index (χ0) is 37.0. The summed E-state index contributed by atoms with van der Waals surface area (Å²) in [7, 11) is 0. The minimum Gasteiger partial charge on any atom is -0.488 e. The first-order valence-corrected chi connectivity index (χ1v) is 16.1. The molecule has 2 aromatic rings. The van der Waals surface area contributed by atoms with Gasteiger partial charge in [0.2, 0.25) is 0 Å². The van der Waals surface area contributed by atoms with Gasteiger partial charge in [-0.05, 0) is 41.3 Å². The molecule has 1 heterocycles. The molecule has 0 N–H and O–H groups in total. The third-order valence-corrected chi connectivity index (χ3v) is 7.56. The van der Waals surface area contributed by atoms with E-state index in [2.05, 4.69) is 0 Å². The van der Waals surface area contributed by atoms with Crippen LogP contribution in [0.2, 0.25) is 5.02 Å². The van der Waals surface area contributed by atoms with Crippen molar-refractivity contribution in [3.63, 3.8) is 0 Å². The Morgan fingerprint density at radius 2 is 1.30 bits per heavy atom. The standard InChI is InChI=1S/C35H41ClO14/c1-19(37)44-18-31(45-20(2)38)33(47-22(4)40)35(49-24(6)42)34(48-23(5)41)32(46-21(3)39)26-9-12-30(36)27(16-26)15-25-7-10-28(11-8-25)50-29-13-14-43-17-29/h7-12,16,29,31-35H,13-15,17-18H2,1-6H3/t29-,31-,32+,33+,34-,35-/m0/s1. The number of rotatable bonds is 16. The Hall–Kier alpha value is -4.69. The molecule has 0 aliphatic carbocycles. The topological polar surface area (TPSA) is 176 Å². The van der Waals surface area contributed by atoms with E-state index in [1.54, 1.807) is 12.1 Å². The van der Waals surface area contributed by atoms with E-state index in [1.165, 1.54) is 6.07 Å². The van der Waals surface area contributed by atoms with Crippen LogP contribution < -0.4 is 4.74 Å². The fraction of sp³-hybridized carbons (Fsp3) is 0.486. The number of hydrogen-bond acceptors (Lipinski definition) is 14. The predicted molar refractivity (Wildman–Crippen MR) is 174 cm³/mol. The van der Waals surface area contributed by atoms with Crippen LogP contribution in [-0.2, 0) is 68.3 Å². The molecule has 0 saturated carbocycles. The van der Waals surface area contributed by atoms with Crippen molar-refractivity contribution in [1.82, 2.24) is 0 Å². The van der Waals surface area contributed by atoms with E-state index in [4.69, 9.17) is 49.5 Å². The molecule has 1 fully saturated rings. The Labute approximate surface area is 294 Å². The minimum absolute atomic E-state index is 0.0161. The van der Waals surface area contributed by atoms with Crippen LogP contribution in [0.25, 0.3) is 0 Å². The Morgan fingerprint density at radius 3 is 1.84 bits per heavy atom. The maximum absolute atomic E-state index is 12.6. The third kappa shape index (κ3) is 12.6. The van der Waals surface area contributed by atoms with Gasteiger partial charge in [-0.2, -0.15) is 0 Å². The molecule has 1 aliphatic heterocycles. The molecule has 2 aromatic carbocycles. The van der Waals surface area contributed by atoms with Crippen molar-refractivity contribution in [3.8, 4) is 5.75 Å². The van der Waals surface area contributed by atoms with Crippen LogP contribution in [0.3, 0.4) is 0 Å². The lowest BCUT2D eigenvalue weighted by Gasteiger charge is -2.38. The van der Waals surface area contributed by atoms with E-state index >= 15 is 0 Å². The highest BCUT2D eigenvalue weighted by Crippen LogP contribution is 2.34. The summed E-state index contributed by atoms with van der Waals surface area (Å²) in [6.45, 7) is 6.93. The van der Waals surface area contributed by atoms with E-state index in [0.717, 1.165) is 53.5 Å². The van der Waals surface area contributed by atoms with Gasteiger partial charge < -0.3 is 37.9 Å². The summed E-state index contributed by atoms with van der Waals surface area (Å²) in [6.07, 6.45) is -7.15. The molecule has 0 bridgehead atoms. The molecule has 0 aromatic heterocycles. The number of ether oxygens (including phenoxy) is 8. The van der Waals surface area contributed by atoms with E-state index in [1.807, 2.05) is 24.3 Å². The fourth-order valence-corrected chi connectivity index (χ4v) is 5.46. The molecule has 1 aliphatic rings. The first-order valence-electron chi connectivity index (χ1n) is 15.7. The van der Waals surface area contributed by atoms with Crippen LogP contribution in [0, 0.1) is 0 Å². The predicted octanol–water partition coefficient (Wildman–Crippen LogP) is 3.99. The van der Waals surface area contributed by atoms with E-state index in [-0.39, 0.29) is 11.7 Å². The van der Waals surface area contributed by atoms with E-state index in [9.17, 15) is 28.8 Å². The zero-order valence-corrected chi connectivity index (χ0v) is 29.4. The molecular weight excluding hydrogens is 680 g/mol. The van der Waals surface area contributed by atoms with Gasteiger partial charge in [0, 0.05) is 53.0 Å². The number of benzene rings is 2. The second-order valence-corrected chi connectivity index (χ2v) is 11.9. The van der Waals surface area contributed by atoms with Gasteiger partial charge in [-0.1, -0.05) is 35.9 Å². The molecule has 14 nitrogen and oxygen atoms in total. The molecular formula is C35H41ClO14. The van der Waals surface area contributed by atoms with Crippen molar-refractivity contribution < 1.29 is 66.7 Å². The average Bonchev–Trinajstić information content (AvgIpc) is 3.53. The molecule has 0 spiro atoms. The van der Waals surface area contributed by atoms with E-state index < -0.39 is 72.9 Å². The second-order valence-electron chi connectivity index (χ2n) is 11.5. The molecule has 15 heteroatoms. The summed E-state index contributed by atoms with van der Waals surface area (Å²) in [5, 5.41) is 0.369. The number of hydrogen-bond donors (Lipinski definition) is 0. The van der Waals surface area contributed by atoms with Crippen LogP contribution in [0.5, 0.6) is 5.75 Å². The zero-order valence-electron chi connectivity index (χ0n) is 28.6. The molecule has 272 valence electrons. The molecule has 0 unspecified atom stereocenters. The summed E-state index contributed by atoms with van der Waals surface area (Å²) in [5.74, 6) is -4.49. The minimum atomic E-state index is -1.78. The summed E-state index contributed by atoms with van der Waals surface area (Å²) < 4.78 is 44.1. The van der Waals surface area contributed by atoms with Crippen molar-refractivity contribution in [1.29, 1.82) is 0 Å². The van der Waals surface area contributed by atoms with Crippen molar-refractivity contribution in [2.45, 2.75) is 91.0 Å². The monoisotopic (exact) mass is 720 g/mol. The van der Waals surface area contributed by atoms with Crippen molar-refractivity contribution in [2.75, 3.05) is 19.8 Å². The van der Waals surface area contributed by atoms with Crippen LogP contribution >= 0.6 is 11.6 Å². The first kappa shape index (κ1) is 39.7. The van der Waals surface area contributed by atoms with Gasteiger partial charge in [0.05, 0.1) is 13.2 Å². The Morgan fingerprint density at radius 1 is 0.720 bits per heavy atom. The molecule has 3 rings (SSSR count). The summed E-state index contributed by atoms with van der Waals surface area (Å²) >= 11 is 6.61. The van der Waals surface area contributed by atoms with Crippen molar-refractivity contribution in [2.24, 2.45) is 0 Å². The van der Waals surface area contributed by atoms with Gasteiger partial charge in [0.25, 0.3) is 0 Å². The largest absolute Gasteiger partial charge is 0.488 e. The Kier molecular flexibility index (Phi) is 15.0. The molecule has 0 amide bonds. The maximum atomic E-state index is 12.6. The SMILES string of the molecule is CC(=O)OC[C@H](OC(C)=O)[C@@H](OC(C)=O)[C@H](OC(C)=O)[C@@H](OC(C)=O)[C@H](OC(C)=O)c1ccc(Cl)c(Cc2ccc(O[C@H]3CCOC3)cc2)c1. The van der Waals surface area contributed by atoms with Gasteiger partial charge in [-0.25, -0.2) is 0 Å². The highest BCUT2D eigenvalue weighted by molar-refractivity contribution is 6.31. The normalized spacial score (nSPS) is 16.8. The first-order chi connectivity index (χ1) is 23.6. The van der Waals surface area contributed by atoms with Gasteiger partial charge in [0.1, 0.15) is 18.5 Å². The summed E-state index contributed by atoms with van der Waals surface area (Å²) in [4.78, 5) is 73.8. The fourth-order valence-electron chi connectivity index (χ4n) is 5.27. The van der Waals surface area contributed by atoms with E-state index in [0.29, 0.717) is 36.0 Å². The molecule has 6 atom stereocenters. The lowest BCUT2D eigenvalue weighted by Crippen LogP contribution is -2.54. The van der Waals surface area contributed by atoms with Gasteiger partial charge >= 0.3 is 35.8 Å². The number of carbonyl (C=O) groups is 6. The smallest absolute Gasteiger partial charge is 0.303 e. The molecule has 1 saturated heterocycles. The average molecular weight is 721 g/mol. The maximum Gasteiger partial charge on any atom is 0.303 e. The Balaban J connectivity index is 2.09. The summed E-state index contributed by atoms with van der Waals surface area (Å²) in [5.41, 5.74) is 1.71. The highest BCUT2D eigenvalue weighted by Gasteiger charge is 2.48. The molecule has 0 radical (unpaired) electrons. The molecule has 50 heavy (non-hydrogen) atoms. The number of carbonyl (C=O) groups excluding carboxylic acids is 6. The quantitative estimate of drug-likeness (QED) is 0.180. The number of halogens is 1. The number of esters is 6. The third-order valence-electron chi connectivity index (χ3n) is 7.19. The Bertz CT molecular complexity index is 1520. The van der Waals surface area contributed by atoms with Crippen LogP contribution in [0.1, 0.15) is 70.8 Å². The lowest BCUT2D eigenvalue weighted by molar-refractivity contribution is -0.214. The van der Waals surface area contributed by atoms with Crippen LogP contribution in [0.4, 0.5) is 0 Å². The second kappa shape index (κ2) is 18.9. The van der Waals surface area contributed by atoms with Crippen LogP contribution in [0.15, 0.2) is 42.5 Å².